The van der Waals surface area contributed by atoms with Crippen molar-refractivity contribution in [2.24, 2.45) is 0 Å². The second-order valence-corrected chi connectivity index (χ2v) is 8.79. The van der Waals surface area contributed by atoms with Crippen molar-refractivity contribution in [3.63, 3.8) is 0 Å². The maximum Gasteiger partial charge on any atom is 0.264 e. The van der Waals surface area contributed by atoms with E-state index in [0.717, 1.165) is 34.0 Å². The van der Waals surface area contributed by atoms with Crippen LogP contribution >= 0.6 is 27.3 Å². The fraction of sp³-hybridized carbons (Fsp3) is 0.364. The summed E-state index contributed by atoms with van der Waals surface area (Å²) < 4.78 is 7.61. The number of nitrogens with zero attached hydrogens (tertiary/aromatic N) is 1. The molecule has 2 aromatic carbocycles. The first-order valence-electron chi connectivity index (χ1n) is 9.61. The molecular formula is C22H25BrN2O2S. The first-order valence-corrected chi connectivity index (χ1v) is 11.2. The number of nitrogens with one attached hydrogen (secondary N) is 1. The van der Waals surface area contributed by atoms with Crippen molar-refractivity contribution in [2.75, 3.05) is 11.9 Å². The fourth-order valence-electron chi connectivity index (χ4n) is 2.94. The van der Waals surface area contributed by atoms with E-state index in [-0.39, 0.29) is 12.5 Å². The van der Waals surface area contributed by atoms with Gasteiger partial charge in [0.2, 0.25) is 0 Å². The van der Waals surface area contributed by atoms with Gasteiger partial charge in [-0.3, -0.25) is 10.1 Å². The van der Waals surface area contributed by atoms with Crippen molar-refractivity contribution < 1.29 is 9.53 Å². The molecule has 0 spiro atoms. The molecular weight excluding hydrogens is 436 g/mol. The Morgan fingerprint density at radius 3 is 2.79 bits per heavy atom. The number of fused-ring (bicyclic) bond motifs is 1. The summed E-state index contributed by atoms with van der Waals surface area (Å²) in [6.07, 6.45) is 3.21. The van der Waals surface area contributed by atoms with Gasteiger partial charge in [0.1, 0.15) is 5.75 Å². The van der Waals surface area contributed by atoms with Gasteiger partial charge in [0.05, 0.1) is 14.7 Å². The maximum atomic E-state index is 12.3. The van der Waals surface area contributed by atoms with Gasteiger partial charge >= 0.3 is 0 Å². The van der Waals surface area contributed by atoms with Crippen LogP contribution in [0, 0.1) is 0 Å². The maximum absolute atomic E-state index is 12.3. The molecule has 3 rings (SSSR count). The lowest BCUT2D eigenvalue weighted by molar-refractivity contribution is -0.118. The highest BCUT2D eigenvalue weighted by Gasteiger charge is 2.12. The van der Waals surface area contributed by atoms with Crippen molar-refractivity contribution in [1.29, 1.82) is 0 Å². The molecule has 0 aliphatic heterocycles. The van der Waals surface area contributed by atoms with Gasteiger partial charge in [-0.15, -0.1) is 0 Å². The Morgan fingerprint density at radius 2 is 2.07 bits per heavy atom. The van der Waals surface area contributed by atoms with E-state index < -0.39 is 0 Å². The number of benzene rings is 2. The van der Waals surface area contributed by atoms with Crippen molar-refractivity contribution in [2.45, 2.75) is 46.0 Å². The monoisotopic (exact) mass is 460 g/mol. The molecule has 1 unspecified atom stereocenters. The van der Waals surface area contributed by atoms with Crippen LogP contribution in [0.4, 0.5) is 5.13 Å². The van der Waals surface area contributed by atoms with Gasteiger partial charge in [-0.1, -0.05) is 50.7 Å². The number of anilines is 1. The molecule has 1 N–H and O–H groups in total. The van der Waals surface area contributed by atoms with Crippen LogP contribution in [-0.2, 0) is 11.2 Å². The Balaban J connectivity index is 1.61. The molecule has 148 valence electrons. The highest BCUT2D eigenvalue weighted by atomic mass is 79.9. The predicted molar refractivity (Wildman–Crippen MR) is 121 cm³/mol. The Hall–Kier alpha value is -1.92. The molecule has 0 aliphatic carbocycles. The molecule has 3 aromatic rings. The van der Waals surface area contributed by atoms with Crippen molar-refractivity contribution in [3.8, 4) is 5.75 Å². The quantitative estimate of drug-likeness (QED) is 0.414. The van der Waals surface area contributed by atoms with Gasteiger partial charge in [-0.25, -0.2) is 4.98 Å². The minimum absolute atomic E-state index is 0.0558. The van der Waals surface area contributed by atoms with E-state index in [1.165, 1.54) is 22.5 Å². The third kappa shape index (κ3) is 5.11. The first-order chi connectivity index (χ1) is 13.5. The van der Waals surface area contributed by atoms with Gasteiger partial charge < -0.3 is 4.74 Å². The smallest absolute Gasteiger partial charge is 0.264 e. The van der Waals surface area contributed by atoms with Crippen LogP contribution in [-0.4, -0.2) is 17.5 Å². The average Bonchev–Trinajstić information content (AvgIpc) is 3.08. The zero-order valence-corrected chi connectivity index (χ0v) is 18.8. The van der Waals surface area contributed by atoms with E-state index in [2.05, 4.69) is 59.1 Å². The average molecular weight is 461 g/mol. The summed E-state index contributed by atoms with van der Waals surface area (Å²) in [7, 11) is 0. The third-order valence-corrected chi connectivity index (χ3v) is 6.29. The summed E-state index contributed by atoms with van der Waals surface area (Å²) in [5, 5.41) is 3.44. The molecule has 0 saturated carbocycles. The highest BCUT2D eigenvalue weighted by Crippen LogP contribution is 2.30. The van der Waals surface area contributed by atoms with Crippen molar-refractivity contribution >= 4 is 48.5 Å². The van der Waals surface area contributed by atoms with Gasteiger partial charge in [-0.05, 0) is 70.1 Å². The predicted octanol–water partition coefficient (Wildman–Crippen LogP) is 6.54. The van der Waals surface area contributed by atoms with E-state index in [1.807, 2.05) is 24.3 Å². The molecule has 1 aromatic heterocycles. The molecule has 28 heavy (non-hydrogen) atoms. The number of ether oxygens (including phenoxy) is 1. The molecule has 0 fully saturated rings. The van der Waals surface area contributed by atoms with Crippen LogP contribution in [0.1, 0.15) is 50.7 Å². The SMILES string of the molecule is CCCc1ccc(OCC(=O)Nc2nc3ccc(C(C)CC)cc3s2)c(Br)c1. The summed E-state index contributed by atoms with van der Waals surface area (Å²) in [4.78, 5) is 16.8. The van der Waals surface area contributed by atoms with Gasteiger partial charge in [-0.2, -0.15) is 0 Å². The minimum Gasteiger partial charge on any atom is -0.483 e. The fourth-order valence-corrected chi connectivity index (χ4v) is 4.41. The molecule has 1 atom stereocenters. The standard InChI is InChI=1S/C22H25BrN2O2S/c1-4-6-15-7-10-19(17(23)11-15)27-13-21(26)25-22-24-18-9-8-16(14(3)5-2)12-20(18)28-22/h7-12,14H,4-6,13H2,1-3H3,(H,24,25,26). The Morgan fingerprint density at radius 1 is 1.25 bits per heavy atom. The zero-order valence-electron chi connectivity index (χ0n) is 16.4. The van der Waals surface area contributed by atoms with E-state index in [0.29, 0.717) is 16.8 Å². The lowest BCUT2D eigenvalue weighted by Crippen LogP contribution is -2.20. The second-order valence-electron chi connectivity index (χ2n) is 6.91. The summed E-state index contributed by atoms with van der Waals surface area (Å²) in [5.41, 5.74) is 3.45. The molecule has 0 aliphatic rings. The lowest BCUT2D eigenvalue weighted by atomic mass is 9.99. The number of halogens is 1. The Kier molecular flexibility index (Phi) is 7.08. The highest BCUT2D eigenvalue weighted by molar-refractivity contribution is 9.10. The topological polar surface area (TPSA) is 51.2 Å². The molecule has 0 radical (unpaired) electrons. The molecule has 1 heterocycles. The summed E-state index contributed by atoms with van der Waals surface area (Å²) >= 11 is 5.01. The van der Waals surface area contributed by atoms with Crippen LogP contribution < -0.4 is 10.1 Å². The van der Waals surface area contributed by atoms with Crippen LogP contribution in [0.25, 0.3) is 10.2 Å². The molecule has 4 nitrogen and oxygen atoms in total. The third-order valence-electron chi connectivity index (χ3n) is 4.73. The van der Waals surface area contributed by atoms with E-state index in [1.54, 1.807) is 0 Å². The Bertz CT molecular complexity index is 970. The number of amides is 1. The number of hydrogen-bond donors (Lipinski definition) is 1. The molecule has 0 bridgehead atoms. The lowest BCUT2D eigenvalue weighted by Gasteiger charge is -2.09. The summed E-state index contributed by atoms with van der Waals surface area (Å²) in [6.45, 7) is 6.49. The second kappa shape index (κ2) is 9.52. The van der Waals surface area contributed by atoms with Crippen molar-refractivity contribution in [3.05, 3.63) is 52.0 Å². The summed E-state index contributed by atoms with van der Waals surface area (Å²) in [5.74, 6) is 0.961. The number of aromatic nitrogens is 1. The number of hydrogen-bond acceptors (Lipinski definition) is 4. The molecule has 1 amide bonds. The van der Waals surface area contributed by atoms with Crippen LogP contribution in [0.2, 0.25) is 0 Å². The van der Waals surface area contributed by atoms with E-state index in [9.17, 15) is 4.79 Å². The number of aryl methyl sites for hydroxylation is 1. The first kappa shape index (κ1) is 20.8. The van der Waals surface area contributed by atoms with Gasteiger partial charge in [0.25, 0.3) is 5.91 Å². The summed E-state index contributed by atoms with van der Waals surface area (Å²) in [6, 6.07) is 12.3. The normalized spacial score (nSPS) is 12.1. The van der Waals surface area contributed by atoms with Crippen LogP contribution in [0.3, 0.4) is 0 Å². The number of rotatable bonds is 8. The van der Waals surface area contributed by atoms with Crippen LogP contribution in [0.15, 0.2) is 40.9 Å². The Labute approximate surface area is 178 Å². The zero-order chi connectivity index (χ0) is 20.1. The van der Waals surface area contributed by atoms with Gasteiger partial charge in [0.15, 0.2) is 11.7 Å². The number of carbonyl (C=O) groups excluding carboxylic acids is 1. The number of thiazole rings is 1. The van der Waals surface area contributed by atoms with Crippen molar-refractivity contribution in [1.82, 2.24) is 4.98 Å². The number of carbonyl (C=O) groups is 1. The minimum atomic E-state index is -0.217. The molecule has 6 heteroatoms. The van der Waals surface area contributed by atoms with E-state index >= 15 is 0 Å². The molecule has 0 saturated heterocycles. The largest absolute Gasteiger partial charge is 0.483 e. The van der Waals surface area contributed by atoms with Crippen LogP contribution in [0.5, 0.6) is 5.75 Å². The van der Waals surface area contributed by atoms with E-state index in [4.69, 9.17) is 4.74 Å². The van der Waals surface area contributed by atoms with Gasteiger partial charge in [0, 0.05) is 0 Å².